The lowest BCUT2D eigenvalue weighted by molar-refractivity contribution is 0.1000. The molecule has 5 nitrogen and oxygen atoms in total. The first kappa shape index (κ1) is 13.8. The third-order valence-corrected chi connectivity index (χ3v) is 4.31. The standard InChI is InChI=1S/C13H18N4OS/c1-3-10(14)11(12-8(2)4-5-19-12)17-7-9(6-16-17)13(15)18/h4-7,10-11H,3,14H2,1-2H3,(H2,15,18). The first-order valence-corrected chi connectivity index (χ1v) is 7.06. The van der Waals surface area contributed by atoms with E-state index < -0.39 is 5.91 Å². The minimum atomic E-state index is -0.474. The molecular formula is C13H18N4OS. The van der Waals surface area contributed by atoms with Crippen molar-refractivity contribution >= 4 is 17.2 Å². The molecule has 2 heterocycles. The van der Waals surface area contributed by atoms with Crippen molar-refractivity contribution < 1.29 is 4.79 Å². The lowest BCUT2D eigenvalue weighted by Crippen LogP contribution is -2.32. The van der Waals surface area contributed by atoms with E-state index in [1.807, 2.05) is 12.3 Å². The van der Waals surface area contributed by atoms with Crippen LogP contribution in [0, 0.1) is 6.92 Å². The van der Waals surface area contributed by atoms with Crippen LogP contribution >= 0.6 is 11.3 Å². The van der Waals surface area contributed by atoms with E-state index in [1.165, 1.54) is 16.6 Å². The van der Waals surface area contributed by atoms with Crippen LogP contribution < -0.4 is 11.5 Å². The molecule has 0 saturated heterocycles. The number of thiophene rings is 1. The molecule has 0 saturated carbocycles. The van der Waals surface area contributed by atoms with Crippen LogP contribution in [0.2, 0.25) is 0 Å². The van der Waals surface area contributed by atoms with E-state index in [9.17, 15) is 4.79 Å². The van der Waals surface area contributed by atoms with Crippen LogP contribution in [0.25, 0.3) is 0 Å². The van der Waals surface area contributed by atoms with Crippen molar-refractivity contribution in [3.8, 4) is 0 Å². The molecule has 2 atom stereocenters. The zero-order valence-electron chi connectivity index (χ0n) is 11.0. The predicted molar refractivity (Wildman–Crippen MR) is 76.2 cm³/mol. The number of rotatable bonds is 5. The maximum Gasteiger partial charge on any atom is 0.251 e. The fourth-order valence-electron chi connectivity index (χ4n) is 2.04. The van der Waals surface area contributed by atoms with Crippen molar-refractivity contribution in [2.24, 2.45) is 11.5 Å². The molecule has 0 aliphatic rings. The Bertz CT molecular complexity index is 575. The zero-order chi connectivity index (χ0) is 14.0. The largest absolute Gasteiger partial charge is 0.366 e. The lowest BCUT2D eigenvalue weighted by Gasteiger charge is -2.23. The minimum absolute atomic E-state index is 0.0573. The number of hydrogen-bond acceptors (Lipinski definition) is 4. The summed E-state index contributed by atoms with van der Waals surface area (Å²) >= 11 is 1.66. The Morgan fingerprint density at radius 3 is 2.79 bits per heavy atom. The number of hydrogen-bond donors (Lipinski definition) is 2. The van der Waals surface area contributed by atoms with Gasteiger partial charge in [-0.15, -0.1) is 11.3 Å². The molecule has 2 rings (SSSR count). The molecule has 0 aliphatic heterocycles. The van der Waals surface area contributed by atoms with Crippen molar-refractivity contribution in [1.29, 1.82) is 0 Å². The van der Waals surface area contributed by atoms with Crippen molar-refractivity contribution in [2.45, 2.75) is 32.4 Å². The Balaban J connectivity index is 2.43. The van der Waals surface area contributed by atoms with Gasteiger partial charge in [0, 0.05) is 17.1 Å². The number of primary amides is 1. The average molecular weight is 278 g/mol. The molecule has 0 aliphatic carbocycles. The van der Waals surface area contributed by atoms with Crippen LogP contribution in [0.1, 0.15) is 40.2 Å². The number of carbonyl (C=O) groups excluding carboxylic acids is 1. The quantitative estimate of drug-likeness (QED) is 0.872. The summed E-state index contributed by atoms with van der Waals surface area (Å²) in [6, 6.07) is 1.95. The van der Waals surface area contributed by atoms with Gasteiger partial charge in [0.1, 0.15) is 6.04 Å². The molecular weight excluding hydrogens is 260 g/mol. The average Bonchev–Trinajstić information content (AvgIpc) is 3.00. The molecule has 0 radical (unpaired) electrons. The SMILES string of the molecule is CCC(N)C(c1sccc1C)n1cc(C(N)=O)cn1. The molecule has 0 spiro atoms. The van der Waals surface area contributed by atoms with Gasteiger partial charge in [0.2, 0.25) is 0 Å². The third-order valence-electron chi connectivity index (χ3n) is 3.22. The Morgan fingerprint density at radius 2 is 2.32 bits per heavy atom. The Hall–Kier alpha value is -1.66. The van der Waals surface area contributed by atoms with Crippen LogP contribution in [-0.2, 0) is 0 Å². The van der Waals surface area contributed by atoms with E-state index >= 15 is 0 Å². The summed E-state index contributed by atoms with van der Waals surface area (Å²) in [7, 11) is 0. The molecule has 2 aromatic heterocycles. The highest BCUT2D eigenvalue weighted by molar-refractivity contribution is 7.10. The van der Waals surface area contributed by atoms with E-state index in [-0.39, 0.29) is 12.1 Å². The summed E-state index contributed by atoms with van der Waals surface area (Å²) in [6.45, 7) is 4.10. The van der Waals surface area contributed by atoms with E-state index in [1.54, 1.807) is 22.2 Å². The van der Waals surface area contributed by atoms with E-state index in [0.717, 1.165) is 6.42 Å². The van der Waals surface area contributed by atoms with E-state index in [0.29, 0.717) is 5.56 Å². The Labute approximate surface area is 116 Å². The molecule has 0 fully saturated rings. The van der Waals surface area contributed by atoms with E-state index in [4.69, 9.17) is 11.5 Å². The summed E-state index contributed by atoms with van der Waals surface area (Å²) in [5.74, 6) is -0.474. The van der Waals surface area contributed by atoms with Crippen LogP contribution in [-0.4, -0.2) is 21.7 Å². The van der Waals surface area contributed by atoms with Gasteiger partial charge in [-0.25, -0.2) is 0 Å². The zero-order valence-corrected chi connectivity index (χ0v) is 11.9. The number of nitrogens with two attached hydrogens (primary N) is 2. The van der Waals surface area contributed by atoms with Gasteiger partial charge in [0.15, 0.2) is 0 Å². The number of aromatic nitrogens is 2. The van der Waals surface area contributed by atoms with Gasteiger partial charge in [-0.1, -0.05) is 6.92 Å². The highest BCUT2D eigenvalue weighted by atomic mass is 32.1. The van der Waals surface area contributed by atoms with E-state index in [2.05, 4.69) is 18.1 Å². The van der Waals surface area contributed by atoms with Gasteiger partial charge in [-0.2, -0.15) is 5.10 Å². The third kappa shape index (κ3) is 2.69. The number of carbonyl (C=O) groups is 1. The van der Waals surface area contributed by atoms with Gasteiger partial charge >= 0.3 is 0 Å². The normalized spacial score (nSPS) is 14.3. The molecule has 1 amide bonds. The summed E-state index contributed by atoms with van der Waals surface area (Å²) in [4.78, 5) is 12.3. The topological polar surface area (TPSA) is 86.9 Å². The molecule has 4 N–H and O–H groups in total. The van der Waals surface area contributed by atoms with Gasteiger partial charge in [-0.05, 0) is 30.4 Å². The molecule has 102 valence electrons. The van der Waals surface area contributed by atoms with Gasteiger partial charge in [0.25, 0.3) is 5.91 Å². The number of aryl methyl sites for hydroxylation is 1. The monoisotopic (exact) mass is 278 g/mol. The van der Waals surface area contributed by atoms with Crippen LogP contribution in [0.4, 0.5) is 0 Å². The van der Waals surface area contributed by atoms with Crippen molar-refractivity contribution in [1.82, 2.24) is 9.78 Å². The van der Waals surface area contributed by atoms with Crippen LogP contribution in [0.15, 0.2) is 23.8 Å². The second-order valence-electron chi connectivity index (χ2n) is 4.56. The molecule has 0 aromatic carbocycles. The molecule has 0 bridgehead atoms. The second-order valence-corrected chi connectivity index (χ2v) is 5.51. The van der Waals surface area contributed by atoms with Gasteiger partial charge in [-0.3, -0.25) is 9.48 Å². The molecule has 2 unspecified atom stereocenters. The van der Waals surface area contributed by atoms with Crippen LogP contribution in [0.3, 0.4) is 0 Å². The maximum atomic E-state index is 11.2. The molecule has 2 aromatic rings. The van der Waals surface area contributed by atoms with Crippen molar-refractivity contribution in [3.05, 3.63) is 39.8 Å². The smallest absolute Gasteiger partial charge is 0.251 e. The number of nitrogens with zero attached hydrogens (tertiary/aromatic N) is 2. The first-order valence-electron chi connectivity index (χ1n) is 6.18. The Kier molecular flexibility index (Phi) is 4.01. The maximum absolute atomic E-state index is 11.2. The fourth-order valence-corrected chi connectivity index (χ4v) is 3.13. The Morgan fingerprint density at radius 1 is 1.58 bits per heavy atom. The first-order chi connectivity index (χ1) is 9.04. The molecule has 19 heavy (non-hydrogen) atoms. The highest BCUT2D eigenvalue weighted by Crippen LogP contribution is 2.30. The predicted octanol–water partition coefficient (Wildman–Crippen LogP) is 1.68. The summed E-state index contributed by atoms with van der Waals surface area (Å²) in [5, 5.41) is 6.29. The van der Waals surface area contributed by atoms with Gasteiger partial charge < -0.3 is 11.5 Å². The van der Waals surface area contributed by atoms with Crippen molar-refractivity contribution in [2.75, 3.05) is 0 Å². The minimum Gasteiger partial charge on any atom is -0.366 e. The van der Waals surface area contributed by atoms with Crippen molar-refractivity contribution in [3.63, 3.8) is 0 Å². The fraction of sp³-hybridized carbons (Fsp3) is 0.385. The summed E-state index contributed by atoms with van der Waals surface area (Å²) < 4.78 is 1.74. The van der Waals surface area contributed by atoms with Gasteiger partial charge in [0.05, 0.1) is 11.8 Å². The summed E-state index contributed by atoms with van der Waals surface area (Å²) in [5.41, 5.74) is 13.1. The highest BCUT2D eigenvalue weighted by Gasteiger charge is 2.24. The lowest BCUT2D eigenvalue weighted by atomic mass is 10.0. The van der Waals surface area contributed by atoms with Crippen LogP contribution in [0.5, 0.6) is 0 Å². The number of amides is 1. The second kappa shape index (κ2) is 5.54. The summed E-state index contributed by atoms with van der Waals surface area (Å²) in [6.07, 6.45) is 3.98. The molecule has 6 heteroatoms.